The minimum Gasteiger partial charge on any atom is -0.392 e. The van der Waals surface area contributed by atoms with Gasteiger partial charge in [0.25, 0.3) is 0 Å². The van der Waals surface area contributed by atoms with Gasteiger partial charge in [-0.3, -0.25) is 0 Å². The van der Waals surface area contributed by atoms with Crippen molar-refractivity contribution in [3.8, 4) is 0 Å². The van der Waals surface area contributed by atoms with Crippen molar-refractivity contribution in [1.29, 1.82) is 0 Å². The molecule has 0 saturated heterocycles. The Morgan fingerprint density at radius 2 is 1.69 bits per heavy atom. The van der Waals surface area contributed by atoms with E-state index >= 15 is 0 Å². The third-order valence-corrected chi connectivity index (χ3v) is 9.22. The smallest absolute Gasteiger partial charge is 0.00310 e. The molecule has 3 saturated carbocycles. The highest BCUT2D eigenvalue weighted by Gasteiger charge is 2.46. The molecule has 1 heteroatoms. The second-order valence-electron chi connectivity index (χ2n) is 10.6. The molecular weight excluding hydrogens is 314 g/mol. The molecular formula is C25H45N. The fourth-order valence-electron chi connectivity index (χ4n) is 7.17. The first kappa shape index (κ1) is 20.3. The Morgan fingerprint density at radius 3 is 2.50 bits per heavy atom. The Hall–Kier alpha value is -0.460. The van der Waals surface area contributed by atoms with Crippen LogP contribution in [0, 0.1) is 28.6 Å². The van der Waals surface area contributed by atoms with Crippen molar-refractivity contribution in [3.05, 3.63) is 12.3 Å². The lowest BCUT2D eigenvalue weighted by atomic mass is 9.54. The van der Waals surface area contributed by atoms with Crippen LogP contribution in [0.25, 0.3) is 0 Å². The van der Waals surface area contributed by atoms with Gasteiger partial charge < -0.3 is 5.32 Å². The van der Waals surface area contributed by atoms with Gasteiger partial charge in [-0.15, -0.1) is 0 Å². The molecule has 0 spiro atoms. The van der Waals surface area contributed by atoms with Crippen molar-refractivity contribution < 1.29 is 0 Å². The molecule has 0 aromatic rings. The van der Waals surface area contributed by atoms with Crippen LogP contribution in [-0.4, -0.2) is 7.05 Å². The molecule has 0 radical (unpaired) electrons. The zero-order valence-electron chi connectivity index (χ0n) is 18.0. The molecule has 3 aliphatic rings. The molecule has 0 amide bonds. The summed E-state index contributed by atoms with van der Waals surface area (Å²) >= 11 is 0. The van der Waals surface area contributed by atoms with Crippen LogP contribution in [0.15, 0.2) is 12.3 Å². The number of nitrogens with one attached hydrogen (secondary N) is 1. The van der Waals surface area contributed by atoms with Crippen molar-refractivity contribution in [2.75, 3.05) is 7.05 Å². The molecule has 26 heavy (non-hydrogen) atoms. The standard InChI is InChI=1S/C25H45N/c1-20(26-4)10-7-12-21-15-9-17-24(21,2)19-16-23-14-8-13-22-11-5-6-18-25(22,23)3/h21-23,26H,1,5-19H2,2-4H3. The highest BCUT2D eigenvalue weighted by molar-refractivity contribution is 4.97. The average Bonchev–Trinajstić information content (AvgIpc) is 3.00. The average molecular weight is 360 g/mol. The number of allylic oxidation sites excluding steroid dienone is 1. The summed E-state index contributed by atoms with van der Waals surface area (Å²) in [5.74, 6) is 3.03. The van der Waals surface area contributed by atoms with E-state index in [1.807, 2.05) is 7.05 Å². The van der Waals surface area contributed by atoms with Crippen molar-refractivity contribution >= 4 is 0 Å². The molecule has 0 aromatic heterocycles. The lowest BCUT2D eigenvalue weighted by Gasteiger charge is -2.51. The summed E-state index contributed by atoms with van der Waals surface area (Å²) < 4.78 is 0. The van der Waals surface area contributed by atoms with E-state index in [0.717, 1.165) is 24.2 Å². The van der Waals surface area contributed by atoms with E-state index in [1.54, 1.807) is 0 Å². The van der Waals surface area contributed by atoms with E-state index in [0.29, 0.717) is 10.8 Å². The van der Waals surface area contributed by atoms with Gasteiger partial charge in [0.2, 0.25) is 0 Å². The van der Waals surface area contributed by atoms with Gasteiger partial charge in [-0.05, 0) is 99.2 Å². The van der Waals surface area contributed by atoms with Gasteiger partial charge in [0.15, 0.2) is 0 Å². The Morgan fingerprint density at radius 1 is 0.923 bits per heavy atom. The molecule has 5 unspecified atom stereocenters. The number of hydrogen-bond donors (Lipinski definition) is 1. The summed E-state index contributed by atoms with van der Waals surface area (Å²) in [7, 11) is 2.01. The van der Waals surface area contributed by atoms with Gasteiger partial charge in [-0.1, -0.05) is 46.1 Å². The van der Waals surface area contributed by atoms with Crippen LogP contribution in [-0.2, 0) is 0 Å². The van der Waals surface area contributed by atoms with Gasteiger partial charge in [-0.2, -0.15) is 0 Å². The van der Waals surface area contributed by atoms with Gasteiger partial charge in [0.1, 0.15) is 0 Å². The van der Waals surface area contributed by atoms with Crippen LogP contribution < -0.4 is 5.32 Å². The molecule has 5 atom stereocenters. The second-order valence-corrected chi connectivity index (χ2v) is 10.6. The molecule has 3 fully saturated rings. The van der Waals surface area contributed by atoms with Crippen LogP contribution in [0.1, 0.15) is 110 Å². The largest absolute Gasteiger partial charge is 0.392 e. The fourth-order valence-corrected chi connectivity index (χ4v) is 7.17. The monoisotopic (exact) mass is 359 g/mol. The summed E-state index contributed by atoms with van der Waals surface area (Å²) in [6.45, 7) is 9.43. The third-order valence-electron chi connectivity index (χ3n) is 9.22. The van der Waals surface area contributed by atoms with E-state index in [1.165, 1.54) is 95.6 Å². The third kappa shape index (κ3) is 4.33. The molecule has 1 nitrogen and oxygen atoms in total. The van der Waals surface area contributed by atoms with E-state index in [2.05, 4.69) is 25.7 Å². The van der Waals surface area contributed by atoms with Gasteiger partial charge in [0.05, 0.1) is 0 Å². The van der Waals surface area contributed by atoms with Crippen LogP contribution in [0.4, 0.5) is 0 Å². The highest BCUT2D eigenvalue weighted by Crippen LogP contribution is 2.57. The normalized spacial score (nSPS) is 40.2. The van der Waals surface area contributed by atoms with Crippen LogP contribution >= 0.6 is 0 Å². The first-order valence-corrected chi connectivity index (χ1v) is 11.8. The summed E-state index contributed by atoms with van der Waals surface area (Å²) in [5, 5.41) is 3.22. The second kappa shape index (κ2) is 8.70. The van der Waals surface area contributed by atoms with E-state index in [4.69, 9.17) is 0 Å². The Kier molecular flexibility index (Phi) is 6.78. The quantitative estimate of drug-likeness (QED) is 0.474. The lowest BCUT2D eigenvalue weighted by molar-refractivity contribution is -0.0104. The fraction of sp³-hybridized carbons (Fsp3) is 0.920. The Bertz CT molecular complexity index is 467. The predicted molar refractivity (Wildman–Crippen MR) is 114 cm³/mol. The summed E-state index contributed by atoms with van der Waals surface area (Å²) in [6, 6.07) is 0. The highest BCUT2D eigenvalue weighted by atomic mass is 14.8. The van der Waals surface area contributed by atoms with Crippen molar-refractivity contribution in [3.63, 3.8) is 0 Å². The number of fused-ring (bicyclic) bond motifs is 1. The first-order valence-electron chi connectivity index (χ1n) is 11.8. The predicted octanol–water partition coefficient (Wildman–Crippen LogP) is 7.47. The van der Waals surface area contributed by atoms with E-state index in [-0.39, 0.29) is 0 Å². The van der Waals surface area contributed by atoms with E-state index < -0.39 is 0 Å². The van der Waals surface area contributed by atoms with E-state index in [9.17, 15) is 0 Å². The maximum Gasteiger partial charge on any atom is 0.00310 e. The number of hydrogen-bond acceptors (Lipinski definition) is 1. The van der Waals surface area contributed by atoms with Gasteiger partial charge in [-0.25, -0.2) is 0 Å². The van der Waals surface area contributed by atoms with Crippen LogP contribution in [0.5, 0.6) is 0 Å². The van der Waals surface area contributed by atoms with Crippen molar-refractivity contribution in [2.24, 2.45) is 28.6 Å². The zero-order valence-corrected chi connectivity index (χ0v) is 18.0. The van der Waals surface area contributed by atoms with Crippen molar-refractivity contribution in [2.45, 2.75) is 110 Å². The molecule has 0 bridgehead atoms. The minimum atomic E-state index is 0.624. The molecule has 0 aromatic carbocycles. The Labute approximate surface area is 163 Å². The number of rotatable bonds is 8. The minimum absolute atomic E-state index is 0.624. The molecule has 0 aliphatic heterocycles. The molecule has 1 N–H and O–H groups in total. The van der Waals surface area contributed by atoms with Crippen LogP contribution in [0.2, 0.25) is 0 Å². The zero-order chi connectivity index (χ0) is 18.6. The molecule has 150 valence electrons. The van der Waals surface area contributed by atoms with Gasteiger partial charge >= 0.3 is 0 Å². The maximum atomic E-state index is 4.11. The maximum absolute atomic E-state index is 4.11. The SMILES string of the molecule is C=C(CCCC1CCCC1(C)CCC1CCCC2CCCCC21C)NC. The summed E-state index contributed by atoms with van der Waals surface area (Å²) in [5.41, 5.74) is 2.52. The van der Waals surface area contributed by atoms with Crippen LogP contribution in [0.3, 0.4) is 0 Å². The molecule has 0 heterocycles. The van der Waals surface area contributed by atoms with Crippen molar-refractivity contribution in [1.82, 2.24) is 5.32 Å². The molecule has 3 aliphatic carbocycles. The van der Waals surface area contributed by atoms with Gasteiger partial charge in [0, 0.05) is 12.7 Å². The first-order chi connectivity index (χ1) is 12.5. The lowest BCUT2D eigenvalue weighted by Crippen LogP contribution is -2.41. The molecule has 3 rings (SSSR count). The topological polar surface area (TPSA) is 12.0 Å². The summed E-state index contributed by atoms with van der Waals surface area (Å²) in [6.07, 6.45) is 22.0. The Balaban J connectivity index is 1.54. The summed E-state index contributed by atoms with van der Waals surface area (Å²) in [4.78, 5) is 0.